The van der Waals surface area contributed by atoms with Crippen LogP contribution < -0.4 is 5.73 Å². The fourth-order valence-electron chi connectivity index (χ4n) is 1.70. The van der Waals surface area contributed by atoms with Crippen LogP contribution >= 0.6 is 0 Å². The first-order valence-corrected chi connectivity index (χ1v) is 6.29. The second kappa shape index (κ2) is 3.80. The van der Waals surface area contributed by atoms with Crippen LogP contribution in [0.1, 0.15) is 26.2 Å². The van der Waals surface area contributed by atoms with E-state index >= 15 is 0 Å². The van der Waals surface area contributed by atoms with Gasteiger partial charge in [0.15, 0.2) is 9.84 Å². The van der Waals surface area contributed by atoms with E-state index in [4.69, 9.17) is 5.73 Å². The van der Waals surface area contributed by atoms with E-state index in [1.807, 2.05) is 0 Å². The van der Waals surface area contributed by atoms with Gasteiger partial charge in [-0.25, -0.2) is 8.42 Å². The van der Waals surface area contributed by atoms with Gasteiger partial charge in [-0.15, -0.1) is 0 Å². The minimum atomic E-state index is -2.95. The summed E-state index contributed by atoms with van der Waals surface area (Å²) < 4.78 is 23.2. The van der Waals surface area contributed by atoms with E-state index in [0.717, 1.165) is 18.4 Å². The van der Waals surface area contributed by atoms with Gasteiger partial charge < -0.3 is 5.73 Å². The molecule has 0 radical (unpaired) electrons. The number of hydrogen-bond acceptors (Lipinski definition) is 3. The summed E-state index contributed by atoms with van der Waals surface area (Å²) in [5.74, 6) is 0.290. The summed E-state index contributed by atoms with van der Waals surface area (Å²) in [6.45, 7) is 5.49. The lowest BCUT2D eigenvalue weighted by Gasteiger charge is -2.27. The first-order valence-electron chi connectivity index (χ1n) is 4.57. The Balaban J connectivity index is 2.83. The highest BCUT2D eigenvalue weighted by Crippen LogP contribution is 2.23. The van der Waals surface area contributed by atoms with E-state index in [9.17, 15) is 8.42 Å². The van der Waals surface area contributed by atoms with E-state index in [1.165, 1.54) is 0 Å². The lowest BCUT2D eigenvalue weighted by molar-refractivity contribution is 0.517. The van der Waals surface area contributed by atoms with Crippen molar-refractivity contribution in [3.05, 3.63) is 12.2 Å². The molecule has 1 rings (SSSR count). The van der Waals surface area contributed by atoms with Gasteiger partial charge in [-0.05, 0) is 19.8 Å². The van der Waals surface area contributed by atoms with Crippen molar-refractivity contribution in [2.24, 2.45) is 5.73 Å². The van der Waals surface area contributed by atoms with Crippen LogP contribution in [-0.4, -0.2) is 25.5 Å². The van der Waals surface area contributed by atoms with Crippen LogP contribution in [0.15, 0.2) is 12.2 Å². The Morgan fingerprint density at radius 2 is 2.15 bits per heavy atom. The number of nitrogens with two attached hydrogens (primary N) is 1. The van der Waals surface area contributed by atoms with Crippen LogP contribution in [-0.2, 0) is 9.84 Å². The zero-order valence-corrected chi connectivity index (χ0v) is 8.81. The minimum absolute atomic E-state index is 0.290. The summed E-state index contributed by atoms with van der Waals surface area (Å²) >= 11 is 0. The molecule has 1 saturated heterocycles. The van der Waals surface area contributed by atoms with Crippen molar-refractivity contribution in [2.45, 2.75) is 37.5 Å². The Kier molecular flexibility index (Phi) is 3.14. The summed E-state index contributed by atoms with van der Waals surface area (Å²) in [7, 11) is -2.95. The molecule has 76 valence electrons. The zero-order valence-electron chi connectivity index (χ0n) is 7.99. The minimum Gasteiger partial charge on any atom is -0.323 e. The molecule has 1 aliphatic heterocycles. The molecule has 3 nitrogen and oxygen atoms in total. The van der Waals surface area contributed by atoms with Crippen LogP contribution in [0.2, 0.25) is 0 Å². The van der Waals surface area contributed by atoms with Gasteiger partial charge in [0, 0.05) is 6.04 Å². The van der Waals surface area contributed by atoms with Gasteiger partial charge in [-0.1, -0.05) is 18.6 Å². The first kappa shape index (κ1) is 10.7. The third-order valence-corrected chi connectivity index (χ3v) is 4.91. The van der Waals surface area contributed by atoms with Crippen LogP contribution in [0.4, 0.5) is 0 Å². The van der Waals surface area contributed by atoms with Gasteiger partial charge >= 0.3 is 0 Å². The molecule has 1 aliphatic rings. The molecule has 2 N–H and O–H groups in total. The summed E-state index contributed by atoms with van der Waals surface area (Å²) in [5.41, 5.74) is 6.55. The monoisotopic (exact) mass is 203 g/mol. The molecule has 0 amide bonds. The average molecular weight is 203 g/mol. The van der Waals surface area contributed by atoms with E-state index in [2.05, 4.69) is 6.58 Å². The van der Waals surface area contributed by atoms with Gasteiger partial charge in [0.2, 0.25) is 0 Å². The number of hydrogen-bond donors (Lipinski definition) is 1. The van der Waals surface area contributed by atoms with Crippen molar-refractivity contribution >= 4 is 9.84 Å². The fourth-order valence-corrected chi connectivity index (χ4v) is 3.81. The SMILES string of the molecule is C=C(C)C(N)C1CCCCS1(=O)=O. The Morgan fingerprint density at radius 3 is 2.62 bits per heavy atom. The summed E-state index contributed by atoms with van der Waals surface area (Å²) in [6.07, 6.45) is 2.43. The molecule has 0 aromatic heterocycles. The van der Waals surface area contributed by atoms with Crippen LogP contribution in [0.25, 0.3) is 0 Å². The topological polar surface area (TPSA) is 60.2 Å². The van der Waals surface area contributed by atoms with Gasteiger partial charge in [0.05, 0.1) is 11.0 Å². The molecule has 0 bridgehead atoms. The van der Waals surface area contributed by atoms with Crippen molar-refractivity contribution in [3.8, 4) is 0 Å². The molecule has 0 aliphatic carbocycles. The van der Waals surface area contributed by atoms with E-state index in [-0.39, 0.29) is 6.04 Å². The number of rotatable bonds is 2. The molecule has 2 atom stereocenters. The Bertz CT molecular complexity index is 295. The maximum atomic E-state index is 11.6. The quantitative estimate of drug-likeness (QED) is 0.677. The molecular weight excluding hydrogens is 186 g/mol. The van der Waals surface area contributed by atoms with Crippen molar-refractivity contribution in [1.82, 2.24) is 0 Å². The molecule has 0 aromatic carbocycles. The lowest BCUT2D eigenvalue weighted by Crippen LogP contribution is -2.44. The predicted octanol–water partition coefficient (Wildman–Crippen LogP) is 0.857. The average Bonchev–Trinajstić information content (AvgIpc) is 2.02. The second-order valence-corrected chi connectivity index (χ2v) is 6.11. The van der Waals surface area contributed by atoms with Crippen molar-refractivity contribution in [3.63, 3.8) is 0 Å². The first-order chi connectivity index (χ1) is 5.95. The molecule has 1 fully saturated rings. The molecule has 0 saturated carbocycles. The third kappa shape index (κ3) is 2.31. The van der Waals surface area contributed by atoms with Crippen LogP contribution in [0, 0.1) is 0 Å². The Morgan fingerprint density at radius 1 is 1.54 bits per heavy atom. The summed E-state index contributed by atoms with van der Waals surface area (Å²) in [5, 5.41) is -0.390. The smallest absolute Gasteiger partial charge is 0.155 e. The molecule has 4 heteroatoms. The molecule has 13 heavy (non-hydrogen) atoms. The van der Waals surface area contributed by atoms with E-state index in [0.29, 0.717) is 12.2 Å². The highest BCUT2D eigenvalue weighted by atomic mass is 32.2. The highest BCUT2D eigenvalue weighted by molar-refractivity contribution is 7.92. The van der Waals surface area contributed by atoms with Gasteiger partial charge in [0.1, 0.15) is 0 Å². The van der Waals surface area contributed by atoms with Crippen molar-refractivity contribution < 1.29 is 8.42 Å². The van der Waals surface area contributed by atoms with Crippen LogP contribution in [0.3, 0.4) is 0 Å². The Labute approximate surface area is 79.9 Å². The maximum absolute atomic E-state index is 11.6. The third-order valence-electron chi connectivity index (χ3n) is 2.60. The fraction of sp³-hybridized carbons (Fsp3) is 0.778. The van der Waals surface area contributed by atoms with Crippen molar-refractivity contribution in [2.75, 3.05) is 5.75 Å². The van der Waals surface area contributed by atoms with Crippen LogP contribution in [0.5, 0.6) is 0 Å². The highest BCUT2D eigenvalue weighted by Gasteiger charge is 2.33. The summed E-state index contributed by atoms with van der Waals surface area (Å²) in [4.78, 5) is 0. The van der Waals surface area contributed by atoms with Gasteiger partial charge in [-0.2, -0.15) is 0 Å². The zero-order chi connectivity index (χ0) is 10.1. The normalized spacial score (nSPS) is 29.5. The standard InChI is InChI=1S/C9H17NO2S/c1-7(2)9(10)8-5-3-4-6-13(8,11)12/h8-9H,1,3-6,10H2,2H3. The second-order valence-electron chi connectivity index (χ2n) is 3.77. The van der Waals surface area contributed by atoms with Crippen molar-refractivity contribution in [1.29, 1.82) is 0 Å². The molecule has 0 aromatic rings. The number of sulfone groups is 1. The molecule has 2 unspecified atom stereocenters. The Hall–Kier alpha value is -0.350. The lowest BCUT2D eigenvalue weighted by atomic mass is 10.0. The molecule has 1 heterocycles. The summed E-state index contributed by atoms with van der Waals surface area (Å²) in [6, 6.07) is -0.384. The molecule has 0 spiro atoms. The largest absolute Gasteiger partial charge is 0.323 e. The van der Waals surface area contributed by atoms with E-state index in [1.54, 1.807) is 6.92 Å². The van der Waals surface area contributed by atoms with Gasteiger partial charge in [0.25, 0.3) is 0 Å². The van der Waals surface area contributed by atoms with E-state index < -0.39 is 15.1 Å². The molecular formula is C9H17NO2S. The maximum Gasteiger partial charge on any atom is 0.155 e. The van der Waals surface area contributed by atoms with Gasteiger partial charge in [-0.3, -0.25) is 0 Å². The predicted molar refractivity (Wildman–Crippen MR) is 54.2 cm³/mol.